The first-order valence-corrected chi connectivity index (χ1v) is 11.0. The van der Waals surface area contributed by atoms with Gasteiger partial charge in [-0.2, -0.15) is 13.2 Å². The average Bonchev–Trinajstić information content (AvgIpc) is 3.16. The fourth-order valence-electron chi connectivity index (χ4n) is 4.99. The highest BCUT2D eigenvalue weighted by Gasteiger charge is 2.78. The molecule has 2 aliphatic heterocycles. The zero-order chi connectivity index (χ0) is 24.8. The first-order chi connectivity index (χ1) is 16.1. The zero-order valence-corrected chi connectivity index (χ0v) is 19.7. The number of esters is 2. The van der Waals surface area contributed by atoms with Gasteiger partial charge in [-0.1, -0.05) is 40.2 Å². The van der Waals surface area contributed by atoms with E-state index < -0.39 is 41.5 Å². The Labute approximate surface area is 201 Å². The fourth-order valence-corrected chi connectivity index (χ4v) is 5.37. The molecule has 0 spiro atoms. The van der Waals surface area contributed by atoms with E-state index in [1.807, 2.05) is 0 Å². The molecule has 1 saturated heterocycles. The molecule has 4 rings (SSSR count). The monoisotopic (exact) mass is 540 g/mol. The van der Waals surface area contributed by atoms with Crippen molar-refractivity contribution in [2.24, 2.45) is 5.41 Å². The maximum atomic E-state index is 14.8. The average molecular weight is 541 g/mol. The number of rotatable bonds is 3. The van der Waals surface area contributed by atoms with E-state index in [9.17, 15) is 27.6 Å². The standard InChI is InChI=1S/C23H20BrF3N2O5/c1-33-20(31)22(21(32)34-2)17-16-12-15(24)9-8-13(16)10-11-28(17)29(19(22)23(25,26)27)18(30)14-6-4-3-5-7-14/h3-9,12,17,19H,10-11H2,1-2H3/t17-,19-/m0/s1. The molecule has 0 radical (unpaired) electrons. The summed E-state index contributed by atoms with van der Waals surface area (Å²) in [5.74, 6) is -3.87. The molecule has 2 heterocycles. The second-order valence-electron chi connectivity index (χ2n) is 7.97. The Bertz CT molecular complexity index is 1130. The normalized spacial score (nSPS) is 21.4. The second kappa shape index (κ2) is 8.70. The van der Waals surface area contributed by atoms with Crippen LogP contribution in [-0.2, 0) is 25.5 Å². The van der Waals surface area contributed by atoms with Gasteiger partial charge in [0, 0.05) is 16.6 Å². The summed E-state index contributed by atoms with van der Waals surface area (Å²) in [7, 11) is 1.80. The van der Waals surface area contributed by atoms with Crippen molar-refractivity contribution >= 4 is 33.8 Å². The van der Waals surface area contributed by atoms with E-state index in [1.165, 1.54) is 24.3 Å². The number of hydrogen-bond donors (Lipinski definition) is 0. The second-order valence-corrected chi connectivity index (χ2v) is 8.89. The topological polar surface area (TPSA) is 76.2 Å². The molecule has 0 aromatic heterocycles. The van der Waals surface area contributed by atoms with Crippen molar-refractivity contribution in [3.63, 3.8) is 0 Å². The Balaban J connectivity index is 2.07. The minimum absolute atomic E-state index is 0.0268. The predicted molar refractivity (Wildman–Crippen MR) is 116 cm³/mol. The number of fused-ring (bicyclic) bond motifs is 3. The highest BCUT2D eigenvalue weighted by atomic mass is 79.9. The number of carbonyl (C=O) groups is 3. The lowest BCUT2D eigenvalue weighted by Crippen LogP contribution is -2.60. The Hall–Kier alpha value is -2.92. The Morgan fingerprint density at radius 1 is 1.03 bits per heavy atom. The number of benzene rings is 2. The van der Waals surface area contributed by atoms with E-state index in [-0.39, 0.29) is 12.1 Å². The van der Waals surface area contributed by atoms with Crippen LogP contribution in [0.4, 0.5) is 13.2 Å². The third kappa shape index (κ3) is 3.49. The number of alkyl halides is 3. The van der Waals surface area contributed by atoms with Crippen molar-refractivity contribution in [1.82, 2.24) is 10.0 Å². The molecule has 2 aromatic rings. The molecule has 34 heavy (non-hydrogen) atoms. The third-order valence-electron chi connectivity index (χ3n) is 6.28. The fraction of sp³-hybridized carbons (Fsp3) is 0.348. The number of halogens is 4. The summed E-state index contributed by atoms with van der Waals surface area (Å²) < 4.78 is 54.6. The molecule has 180 valence electrons. The van der Waals surface area contributed by atoms with Gasteiger partial charge in [-0.25, -0.2) is 5.01 Å². The highest BCUT2D eigenvalue weighted by molar-refractivity contribution is 9.10. The maximum Gasteiger partial charge on any atom is 0.412 e. The van der Waals surface area contributed by atoms with Crippen molar-refractivity contribution in [1.29, 1.82) is 0 Å². The predicted octanol–water partition coefficient (Wildman–Crippen LogP) is 3.68. The number of methoxy groups -OCH3 is 2. The highest BCUT2D eigenvalue weighted by Crippen LogP contribution is 2.58. The van der Waals surface area contributed by atoms with Crippen LogP contribution < -0.4 is 0 Å². The lowest BCUT2D eigenvalue weighted by atomic mass is 9.70. The van der Waals surface area contributed by atoms with Gasteiger partial charge in [-0.05, 0) is 41.8 Å². The minimum atomic E-state index is -5.18. The number of carbonyl (C=O) groups excluding carboxylic acids is 3. The minimum Gasteiger partial charge on any atom is -0.468 e. The van der Waals surface area contributed by atoms with Crippen molar-refractivity contribution < 1.29 is 37.0 Å². The van der Waals surface area contributed by atoms with E-state index in [4.69, 9.17) is 9.47 Å². The van der Waals surface area contributed by atoms with Gasteiger partial charge in [0.1, 0.15) is 0 Å². The number of ether oxygens (including phenoxy) is 2. The number of hydrogen-bond acceptors (Lipinski definition) is 6. The molecule has 7 nitrogen and oxygen atoms in total. The van der Waals surface area contributed by atoms with E-state index >= 15 is 0 Å². The summed E-state index contributed by atoms with van der Waals surface area (Å²) in [4.78, 5) is 40.0. The van der Waals surface area contributed by atoms with Crippen LogP contribution in [0.25, 0.3) is 0 Å². The molecule has 0 unspecified atom stereocenters. The van der Waals surface area contributed by atoms with Crippen LogP contribution in [0, 0.1) is 5.41 Å². The van der Waals surface area contributed by atoms with Crippen molar-refractivity contribution in [2.75, 3.05) is 20.8 Å². The Morgan fingerprint density at radius 2 is 1.65 bits per heavy atom. The van der Waals surface area contributed by atoms with Gasteiger partial charge in [0.2, 0.25) is 5.41 Å². The van der Waals surface area contributed by atoms with Crippen molar-refractivity contribution in [3.05, 3.63) is 69.7 Å². The summed E-state index contributed by atoms with van der Waals surface area (Å²) >= 11 is 3.31. The molecule has 0 aliphatic carbocycles. The largest absolute Gasteiger partial charge is 0.468 e. The molecular formula is C23H20BrF3N2O5. The van der Waals surface area contributed by atoms with E-state index in [0.29, 0.717) is 27.0 Å². The van der Waals surface area contributed by atoms with Crippen LogP contribution in [0.2, 0.25) is 0 Å². The zero-order valence-electron chi connectivity index (χ0n) is 18.1. The summed E-state index contributed by atoms with van der Waals surface area (Å²) in [6.45, 7) is -0.0415. The number of nitrogens with zero attached hydrogens (tertiary/aromatic N) is 2. The molecule has 2 aliphatic rings. The summed E-state index contributed by atoms with van der Waals surface area (Å²) in [6, 6.07) is 8.01. The molecular weight excluding hydrogens is 521 g/mol. The van der Waals surface area contributed by atoms with Crippen LogP contribution in [0.1, 0.15) is 27.5 Å². The SMILES string of the molecule is COC(=O)C1(C(=O)OC)[C@@H]2c3cc(Br)ccc3CCN2N(C(=O)c2ccccc2)[C@@H]1C(F)(F)F. The van der Waals surface area contributed by atoms with Crippen LogP contribution in [0.5, 0.6) is 0 Å². The van der Waals surface area contributed by atoms with E-state index in [0.717, 1.165) is 19.2 Å². The Kier molecular flexibility index (Phi) is 6.19. The van der Waals surface area contributed by atoms with Gasteiger partial charge in [0.15, 0.2) is 6.04 Å². The van der Waals surface area contributed by atoms with Crippen molar-refractivity contribution in [3.8, 4) is 0 Å². The Morgan fingerprint density at radius 3 is 2.21 bits per heavy atom. The summed E-state index contributed by atoms with van der Waals surface area (Å²) in [5, 5.41) is 1.63. The molecule has 2 atom stereocenters. The van der Waals surface area contributed by atoms with Crippen LogP contribution in [-0.4, -0.2) is 60.8 Å². The molecule has 0 bridgehead atoms. The number of hydrazine groups is 1. The van der Waals surface area contributed by atoms with Crippen molar-refractivity contribution in [2.45, 2.75) is 24.7 Å². The van der Waals surface area contributed by atoms with Gasteiger partial charge in [0.05, 0.1) is 20.3 Å². The summed E-state index contributed by atoms with van der Waals surface area (Å²) in [6.07, 6.45) is -4.89. The van der Waals surface area contributed by atoms with Crippen LogP contribution >= 0.6 is 15.9 Å². The van der Waals surface area contributed by atoms with Crippen LogP contribution in [0.3, 0.4) is 0 Å². The van der Waals surface area contributed by atoms with Gasteiger partial charge in [-0.15, -0.1) is 0 Å². The van der Waals surface area contributed by atoms with Gasteiger partial charge in [-0.3, -0.25) is 19.4 Å². The van der Waals surface area contributed by atoms with Gasteiger partial charge in [0.25, 0.3) is 5.91 Å². The quantitative estimate of drug-likeness (QED) is 0.436. The van der Waals surface area contributed by atoms with Crippen LogP contribution in [0.15, 0.2) is 53.0 Å². The smallest absolute Gasteiger partial charge is 0.412 e. The maximum absolute atomic E-state index is 14.8. The molecule has 2 aromatic carbocycles. The molecule has 11 heteroatoms. The molecule has 0 N–H and O–H groups in total. The first-order valence-electron chi connectivity index (χ1n) is 10.3. The lowest BCUT2D eigenvalue weighted by molar-refractivity contribution is -0.216. The first kappa shape index (κ1) is 24.2. The van der Waals surface area contributed by atoms with Gasteiger partial charge >= 0.3 is 18.1 Å². The van der Waals surface area contributed by atoms with Gasteiger partial charge < -0.3 is 9.47 Å². The van der Waals surface area contributed by atoms with E-state index in [2.05, 4.69) is 15.9 Å². The summed E-state index contributed by atoms with van der Waals surface area (Å²) in [5.41, 5.74) is -1.99. The number of amides is 1. The third-order valence-corrected chi connectivity index (χ3v) is 6.77. The lowest BCUT2D eigenvalue weighted by Gasteiger charge is -2.38. The van der Waals surface area contributed by atoms with E-state index in [1.54, 1.807) is 24.3 Å². The molecule has 1 fully saturated rings. The molecule has 0 saturated carbocycles. The molecule has 1 amide bonds.